The van der Waals surface area contributed by atoms with Gasteiger partial charge in [0.05, 0.1) is 6.61 Å². The monoisotopic (exact) mass is 345 g/mol. The van der Waals surface area contributed by atoms with E-state index in [9.17, 15) is 4.79 Å². The van der Waals surface area contributed by atoms with Gasteiger partial charge in [0, 0.05) is 19.6 Å². The maximum atomic E-state index is 11.7. The molecule has 0 aliphatic heterocycles. The van der Waals surface area contributed by atoms with Gasteiger partial charge >= 0.3 is 6.16 Å². The quantitative estimate of drug-likeness (QED) is 0.332. The van der Waals surface area contributed by atoms with Crippen LogP contribution in [-0.4, -0.2) is 55.1 Å². The normalized spacial score (nSPS) is 12.4. The standard InChI is InChI=1S/C19H39NO4/c1-4-7-8-9-10-11-13-18(14-16-21)24-19(22)23-17-12-15-20(5-2)6-3/h18,21H,4-17H2,1-3H3/t18-/m1/s1. The van der Waals surface area contributed by atoms with E-state index in [-0.39, 0.29) is 12.7 Å². The molecule has 0 unspecified atom stereocenters. The van der Waals surface area contributed by atoms with Crippen molar-refractivity contribution in [2.45, 2.75) is 84.7 Å². The zero-order valence-corrected chi connectivity index (χ0v) is 16.1. The molecule has 1 atom stereocenters. The Kier molecular flexibility index (Phi) is 16.5. The van der Waals surface area contributed by atoms with Gasteiger partial charge in [-0.2, -0.15) is 0 Å². The van der Waals surface area contributed by atoms with Gasteiger partial charge in [-0.15, -0.1) is 0 Å². The predicted octanol–water partition coefficient (Wildman–Crippen LogP) is 4.37. The molecule has 0 spiro atoms. The van der Waals surface area contributed by atoms with Crippen molar-refractivity contribution in [3.63, 3.8) is 0 Å². The topological polar surface area (TPSA) is 59.0 Å². The van der Waals surface area contributed by atoms with Crippen molar-refractivity contribution in [3.8, 4) is 0 Å². The molecule has 0 saturated carbocycles. The molecule has 1 N–H and O–H groups in total. The van der Waals surface area contributed by atoms with Crippen molar-refractivity contribution < 1.29 is 19.4 Å². The third-order valence-electron chi connectivity index (χ3n) is 4.33. The van der Waals surface area contributed by atoms with Crippen LogP contribution in [-0.2, 0) is 9.47 Å². The smallest absolute Gasteiger partial charge is 0.434 e. The molecule has 0 saturated heterocycles. The first-order valence-electron chi connectivity index (χ1n) is 9.84. The van der Waals surface area contributed by atoms with Gasteiger partial charge in [-0.3, -0.25) is 0 Å². The number of nitrogens with zero attached hydrogens (tertiary/aromatic N) is 1. The summed E-state index contributed by atoms with van der Waals surface area (Å²) >= 11 is 0. The average Bonchev–Trinajstić information content (AvgIpc) is 2.58. The third-order valence-corrected chi connectivity index (χ3v) is 4.33. The van der Waals surface area contributed by atoms with E-state index in [1.54, 1.807) is 0 Å². The number of unbranched alkanes of at least 4 members (excludes halogenated alkanes) is 5. The maximum absolute atomic E-state index is 11.7. The highest BCUT2D eigenvalue weighted by atomic mass is 16.7. The van der Waals surface area contributed by atoms with Crippen LogP contribution in [0.4, 0.5) is 4.79 Å². The molecule has 0 radical (unpaired) electrons. The molecule has 0 aromatic carbocycles. The van der Waals surface area contributed by atoms with E-state index in [1.807, 2.05) is 0 Å². The molecule has 0 aromatic rings. The SMILES string of the molecule is CCCCCCCC[C@H](CCO)OC(=O)OCCCN(CC)CC. The number of aliphatic hydroxyl groups excluding tert-OH is 1. The second-order valence-corrected chi connectivity index (χ2v) is 6.29. The third kappa shape index (κ3) is 13.6. The molecule has 0 amide bonds. The molecule has 0 heterocycles. The summed E-state index contributed by atoms with van der Waals surface area (Å²) in [4.78, 5) is 14.0. The first-order chi connectivity index (χ1) is 11.7. The fourth-order valence-corrected chi connectivity index (χ4v) is 2.71. The number of carbonyl (C=O) groups excluding carboxylic acids is 1. The second-order valence-electron chi connectivity index (χ2n) is 6.29. The van der Waals surface area contributed by atoms with Gasteiger partial charge in [0.1, 0.15) is 6.10 Å². The largest absolute Gasteiger partial charge is 0.508 e. The molecule has 5 nitrogen and oxygen atoms in total. The number of aliphatic hydroxyl groups is 1. The van der Waals surface area contributed by atoms with Gasteiger partial charge in [-0.1, -0.05) is 52.9 Å². The summed E-state index contributed by atoms with van der Waals surface area (Å²) in [6, 6.07) is 0. The summed E-state index contributed by atoms with van der Waals surface area (Å²) in [5, 5.41) is 9.11. The van der Waals surface area contributed by atoms with Crippen molar-refractivity contribution in [2.75, 3.05) is 32.8 Å². The van der Waals surface area contributed by atoms with E-state index in [0.29, 0.717) is 13.0 Å². The predicted molar refractivity (Wildman–Crippen MR) is 98.3 cm³/mol. The first-order valence-corrected chi connectivity index (χ1v) is 9.84. The van der Waals surface area contributed by atoms with Crippen LogP contribution >= 0.6 is 0 Å². The summed E-state index contributed by atoms with van der Waals surface area (Å²) in [7, 11) is 0. The highest BCUT2D eigenvalue weighted by molar-refractivity contribution is 5.60. The van der Waals surface area contributed by atoms with E-state index in [1.165, 1.54) is 25.7 Å². The lowest BCUT2D eigenvalue weighted by molar-refractivity contribution is 0.0104. The molecule has 0 aliphatic carbocycles. The summed E-state index contributed by atoms with van der Waals surface area (Å²) in [5.41, 5.74) is 0. The highest BCUT2D eigenvalue weighted by Crippen LogP contribution is 2.13. The lowest BCUT2D eigenvalue weighted by Crippen LogP contribution is -2.26. The average molecular weight is 346 g/mol. The van der Waals surface area contributed by atoms with Gasteiger partial charge in [0.15, 0.2) is 0 Å². The molecule has 0 aromatic heterocycles. The van der Waals surface area contributed by atoms with Crippen molar-refractivity contribution in [2.24, 2.45) is 0 Å². The van der Waals surface area contributed by atoms with Crippen LogP contribution in [0.2, 0.25) is 0 Å². The Morgan fingerprint density at radius 3 is 2.25 bits per heavy atom. The van der Waals surface area contributed by atoms with Gasteiger partial charge in [-0.25, -0.2) is 4.79 Å². The van der Waals surface area contributed by atoms with Crippen molar-refractivity contribution >= 4 is 6.16 Å². The number of hydrogen-bond donors (Lipinski definition) is 1. The molecule has 5 heteroatoms. The van der Waals surface area contributed by atoms with Gasteiger partial charge in [-0.05, 0) is 32.4 Å². The Labute approximate surface area is 148 Å². The Bertz CT molecular complexity index is 283. The number of rotatable bonds is 16. The summed E-state index contributed by atoms with van der Waals surface area (Å²) < 4.78 is 10.5. The minimum Gasteiger partial charge on any atom is -0.434 e. The van der Waals surface area contributed by atoms with Crippen LogP contribution in [0.25, 0.3) is 0 Å². The fraction of sp³-hybridized carbons (Fsp3) is 0.947. The fourth-order valence-electron chi connectivity index (χ4n) is 2.71. The summed E-state index contributed by atoms with van der Waals surface area (Å²) in [6.45, 7) is 9.83. The zero-order chi connectivity index (χ0) is 18.0. The zero-order valence-electron chi connectivity index (χ0n) is 16.1. The van der Waals surface area contributed by atoms with Gasteiger partial charge < -0.3 is 19.5 Å². The molecule has 0 aliphatic rings. The van der Waals surface area contributed by atoms with Crippen LogP contribution in [0.1, 0.15) is 78.6 Å². The number of hydrogen-bond acceptors (Lipinski definition) is 5. The van der Waals surface area contributed by atoms with Crippen molar-refractivity contribution in [1.82, 2.24) is 4.90 Å². The van der Waals surface area contributed by atoms with Crippen LogP contribution < -0.4 is 0 Å². The Hall–Kier alpha value is -0.810. The lowest BCUT2D eigenvalue weighted by Gasteiger charge is -2.18. The van der Waals surface area contributed by atoms with E-state index in [0.717, 1.165) is 45.3 Å². The van der Waals surface area contributed by atoms with E-state index < -0.39 is 6.16 Å². The second kappa shape index (κ2) is 17.0. The van der Waals surface area contributed by atoms with Gasteiger partial charge in [0.25, 0.3) is 0 Å². The first kappa shape index (κ1) is 23.2. The van der Waals surface area contributed by atoms with E-state index in [2.05, 4.69) is 25.7 Å². The molecule has 0 rings (SSSR count). The molecule has 24 heavy (non-hydrogen) atoms. The molecular formula is C19H39NO4. The van der Waals surface area contributed by atoms with Crippen LogP contribution in [0.3, 0.4) is 0 Å². The highest BCUT2D eigenvalue weighted by Gasteiger charge is 2.15. The van der Waals surface area contributed by atoms with Crippen molar-refractivity contribution in [3.05, 3.63) is 0 Å². The minimum absolute atomic E-state index is 0.0374. The van der Waals surface area contributed by atoms with E-state index >= 15 is 0 Å². The van der Waals surface area contributed by atoms with Crippen LogP contribution in [0, 0.1) is 0 Å². The molecule has 0 fully saturated rings. The molecular weight excluding hydrogens is 306 g/mol. The van der Waals surface area contributed by atoms with E-state index in [4.69, 9.17) is 14.6 Å². The van der Waals surface area contributed by atoms with Crippen LogP contribution in [0.15, 0.2) is 0 Å². The Balaban J connectivity index is 3.81. The summed E-state index contributed by atoms with van der Waals surface area (Å²) in [5.74, 6) is 0. The number of carbonyl (C=O) groups is 1. The van der Waals surface area contributed by atoms with Crippen molar-refractivity contribution in [1.29, 1.82) is 0 Å². The Morgan fingerprint density at radius 1 is 0.958 bits per heavy atom. The molecule has 144 valence electrons. The molecule has 0 bridgehead atoms. The minimum atomic E-state index is -0.598. The Morgan fingerprint density at radius 2 is 1.62 bits per heavy atom. The van der Waals surface area contributed by atoms with Gasteiger partial charge in [0.2, 0.25) is 0 Å². The van der Waals surface area contributed by atoms with Crippen LogP contribution in [0.5, 0.6) is 0 Å². The summed E-state index contributed by atoms with van der Waals surface area (Å²) in [6.07, 6.45) is 8.52. The maximum Gasteiger partial charge on any atom is 0.508 e. The number of ether oxygens (including phenoxy) is 2. The lowest BCUT2D eigenvalue weighted by atomic mass is 10.1.